The van der Waals surface area contributed by atoms with Crippen molar-refractivity contribution in [2.24, 2.45) is 22.7 Å². The van der Waals surface area contributed by atoms with Crippen LogP contribution in [0.4, 0.5) is 5.69 Å². The monoisotopic (exact) mass is 427 g/mol. The highest BCUT2D eigenvalue weighted by atomic mass is 16.1. The summed E-state index contributed by atoms with van der Waals surface area (Å²) in [5.41, 5.74) is 7.57. The Kier molecular flexibility index (Phi) is 5.16. The lowest BCUT2D eigenvalue weighted by molar-refractivity contribution is -0.114. The van der Waals surface area contributed by atoms with E-state index in [-0.39, 0.29) is 10.8 Å². The maximum atomic E-state index is 12.2. The van der Waals surface area contributed by atoms with Crippen LogP contribution in [0.2, 0.25) is 0 Å². The minimum Gasteiger partial charge on any atom is -0.378 e. The molecule has 32 heavy (non-hydrogen) atoms. The predicted molar refractivity (Wildman–Crippen MR) is 133 cm³/mol. The second-order valence-electron chi connectivity index (χ2n) is 11.2. The molecule has 2 saturated carbocycles. The van der Waals surface area contributed by atoms with Gasteiger partial charge in [-0.25, -0.2) is 0 Å². The average molecular weight is 428 g/mol. The summed E-state index contributed by atoms with van der Waals surface area (Å²) in [6.07, 6.45) is 9.53. The molecular weight excluding hydrogens is 390 g/mol. The molecule has 4 aliphatic rings. The Morgan fingerprint density at radius 2 is 1.78 bits per heavy atom. The summed E-state index contributed by atoms with van der Waals surface area (Å²) in [6.45, 7) is 6.99. The molecule has 0 spiro atoms. The standard InChI is InChI=1S/C30H37NO/c1-6-16-29(2)17-15-27-25-13-9-21-18-23(32)12-14-24(21)28(25)26(19-30(27,29)3)20-7-10-22(11-8-20)31(4)5/h7-8,10-11,18,25-27H,9,12-15,17,19H2,1-5H3/t25-,26+,27-,29+,30-/m0/s1. The van der Waals surface area contributed by atoms with Crippen molar-refractivity contribution in [1.82, 2.24) is 0 Å². The van der Waals surface area contributed by atoms with Crippen molar-refractivity contribution in [2.45, 2.75) is 71.6 Å². The number of carbonyl (C=O) groups is 1. The number of ketones is 1. The van der Waals surface area contributed by atoms with Crippen LogP contribution in [0.5, 0.6) is 0 Å². The molecule has 1 aromatic carbocycles. The van der Waals surface area contributed by atoms with Crippen LogP contribution in [0.1, 0.15) is 77.2 Å². The maximum absolute atomic E-state index is 12.2. The van der Waals surface area contributed by atoms with E-state index in [4.69, 9.17) is 0 Å². The number of anilines is 1. The summed E-state index contributed by atoms with van der Waals surface area (Å²) < 4.78 is 0. The Morgan fingerprint density at radius 1 is 1.03 bits per heavy atom. The van der Waals surface area contributed by atoms with E-state index in [0.29, 0.717) is 30.0 Å². The van der Waals surface area contributed by atoms with E-state index in [1.807, 2.05) is 13.0 Å². The zero-order valence-corrected chi connectivity index (χ0v) is 20.4. The molecule has 0 N–H and O–H groups in total. The Hall–Kier alpha value is -2.27. The van der Waals surface area contributed by atoms with Crippen LogP contribution < -0.4 is 4.90 Å². The molecule has 5 rings (SSSR count). The van der Waals surface area contributed by atoms with E-state index >= 15 is 0 Å². The number of hydrogen-bond acceptors (Lipinski definition) is 2. The van der Waals surface area contributed by atoms with Gasteiger partial charge in [-0.2, -0.15) is 0 Å². The van der Waals surface area contributed by atoms with Crippen molar-refractivity contribution < 1.29 is 4.79 Å². The second-order valence-corrected chi connectivity index (χ2v) is 11.2. The van der Waals surface area contributed by atoms with E-state index in [0.717, 1.165) is 12.8 Å². The Balaban J connectivity index is 1.67. The first kappa shape index (κ1) is 21.6. The lowest BCUT2D eigenvalue weighted by Gasteiger charge is -2.54. The largest absolute Gasteiger partial charge is 0.378 e. The molecule has 0 aliphatic heterocycles. The molecule has 4 aliphatic carbocycles. The van der Waals surface area contributed by atoms with Gasteiger partial charge in [0.05, 0.1) is 0 Å². The molecule has 2 fully saturated rings. The number of nitrogens with zero attached hydrogens (tertiary/aromatic N) is 1. The first-order valence-electron chi connectivity index (χ1n) is 12.5. The second kappa shape index (κ2) is 7.65. The van der Waals surface area contributed by atoms with Gasteiger partial charge in [0.25, 0.3) is 0 Å². The van der Waals surface area contributed by atoms with Crippen LogP contribution in [0.25, 0.3) is 0 Å². The molecule has 1 aromatic rings. The molecule has 168 valence electrons. The molecule has 0 radical (unpaired) electrons. The van der Waals surface area contributed by atoms with Crippen molar-refractivity contribution in [3.63, 3.8) is 0 Å². The normalized spacial score (nSPS) is 35.8. The lowest BCUT2D eigenvalue weighted by atomic mass is 9.49. The molecule has 2 heteroatoms. The number of allylic oxidation sites excluding steroid dienone is 4. The fourth-order valence-electron chi connectivity index (χ4n) is 7.69. The SMILES string of the molecule is CC#C[C@]1(C)CC[C@H]2[C@@H]3CCC4=CC(=O)CCC4=C3[C@@H](c3ccc(N(C)C)cc3)C[C@@]21C. The number of benzene rings is 1. The number of rotatable bonds is 2. The van der Waals surface area contributed by atoms with Crippen molar-refractivity contribution >= 4 is 11.5 Å². The summed E-state index contributed by atoms with van der Waals surface area (Å²) in [5, 5.41) is 0. The molecule has 0 unspecified atom stereocenters. The average Bonchev–Trinajstić information content (AvgIpc) is 3.03. The van der Waals surface area contributed by atoms with Gasteiger partial charge in [0.2, 0.25) is 0 Å². The predicted octanol–water partition coefficient (Wildman–Crippen LogP) is 6.68. The van der Waals surface area contributed by atoms with Crippen LogP contribution in [-0.2, 0) is 4.79 Å². The Labute approximate surface area is 194 Å². The molecule has 0 bridgehead atoms. The molecule has 0 aromatic heterocycles. The van der Waals surface area contributed by atoms with Gasteiger partial charge in [0, 0.05) is 37.5 Å². The van der Waals surface area contributed by atoms with Crippen LogP contribution in [0, 0.1) is 34.5 Å². The van der Waals surface area contributed by atoms with Gasteiger partial charge >= 0.3 is 0 Å². The third-order valence-electron chi connectivity index (χ3n) is 9.55. The lowest BCUT2D eigenvalue weighted by Crippen LogP contribution is -2.46. The molecule has 0 heterocycles. The van der Waals surface area contributed by atoms with Gasteiger partial charge in [-0.05, 0) is 105 Å². The van der Waals surface area contributed by atoms with Gasteiger partial charge in [0.15, 0.2) is 5.78 Å². The van der Waals surface area contributed by atoms with Crippen molar-refractivity contribution in [2.75, 3.05) is 19.0 Å². The van der Waals surface area contributed by atoms with Gasteiger partial charge in [-0.15, -0.1) is 5.92 Å². The van der Waals surface area contributed by atoms with Crippen molar-refractivity contribution in [3.05, 3.63) is 52.6 Å². The fraction of sp³-hybridized carbons (Fsp3) is 0.567. The Morgan fingerprint density at radius 3 is 2.47 bits per heavy atom. The topological polar surface area (TPSA) is 20.3 Å². The van der Waals surface area contributed by atoms with Crippen molar-refractivity contribution in [3.8, 4) is 11.8 Å². The minimum atomic E-state index is 0.0864. The quantitative estimate of drug-likeness (QED) is 0.491. The van der Waals surface area contributed by atoms with Crippen LogP contribution in [-0.4, -0.2) is 19.9 Å². The van der Waals surface area contributed by atoms with E-state index in [1.54, 1.807) is 11.1 Å². The number of hydrogen-bond donors (Lipinski definition) is 0. The van der Waals surface area contributed by atoms with Gasteiger partial charge in [-0.1, -0.05) is 30.6 Å². The Bertz CT molecular complexity index is 1060. The zero-order chi connectivity index (χ0) is 22.7. The summed E-state index contributed by atoms with van der Waals surface area (Å²) in [7, 11) is 4.21. The molecular formula is C30H37NO. The third kappa shape index (κ3) is 3.12. The zero-order valence-electron chi connectivity index (χ0n) is 20.4. The van der Waals surface area contributed by atoms with Gasteiger partial charge in [0.1, 0.15) is 0 Å². The van der Waals surface area contributed by atoms with Gasteiger partial charge < -0.3 is 4.90 Å². The summed E-state index contributed by atoms with van der Waals surface area (Å²) >= 11 is 0. The van der Waals surface area contributed by atoms with E-state index in [2.05, 4.69) is 68.9 Å². The first-order valence-corrected chi connectivity index (χ1v) is 12.5. The van der Waals surface area contributed by atoms with E-state index < -0.39 is 0 Å². The summed E-state index contributed by atoms with van der Waals surface area (Å²) in [4.78, 5) is 14.4. The number of fused-ring (bicyclic) bond motifs is 4. The highest BCUT2D eigenvalue weighted by Gasteiger charge is 2.60. The number of carbonyl (C=O) groups excluding carboxylic acids is 1. The third-order valence-corrected chi connectivity index (χ3v) is 9.55. The first-order chi connectivity index (χ1) is 15.3. The summed E-state index contributed by atoms with van der Waals surface area (Å²) in [6, 6.07) is 9.26. The molecule has 2 nitrogen and oxygen atoms in total. The maximum Gasteiger partial charge on any atom is 0.156 e. The highest BCUT2D eigenvalue weighted by molar-refractivity contribution is 5.93. The van der Waals surface area contributed by atoms with Crippen molar-refractivity contribution in [1.29, 1.82) is 0 Å². The minimum absolute atomic E-state index is 0.0864. The van der Waals surface area contributed by atoms with E-state index in [9.17, 15) is 4.79 Å². The van der Waals surface area contributed by atoms with Gasteiger partial charge in [-0.3, -0.25) is 4.79 Å². The smallest absolute Gasteiger partial charge is 0.156 e. The van der Waals surface area contributed by atoms with Crippen LogP contribution in [0.15, 0.2) is 47.1 Å². The van der Waals surface area contributed by atoms with E-state index in [1.165, 1.54) is 42.5 Å². The summed E-state index contributed by atoms with van der Waals surface area (Å²) in [5.74, 6) is 9.06. The molecule has 0 saturated heterocycles. The van der Waals surface area contributed by atoms with Crippen LogP contribution >= 0.6 is 0 Å². The molecule has 5 atom stereocenters. The van der Waals surface area contributed by atoms with Crippen LogP contribution in [0.3, 0.4) is 0 Å². The molecule has 0 amide bonds. The fourth-order valence-corrected chi connectivity index (χ4v) is 7.69. The highest BCUT2D eigenvalue weighted by Crippen LogP contribution is 2.69.